The lowest BCUT2D eigenvalue weighted by molar-refractivity contribution is -0.139. The summed E-state index contributed by atoms with van der Waals surface area (Å²) in [4.78, 5) is 28.6. The van der Waals surface area contributed by atoms with Crippen LogP contribution < -0.4 is 5.32 Å². The summed E-state index contributed by atoms with van der Waals surface area (Å²) in [5, 5.41) is 3.59. The molecule has 0 saturated carbocycles. The summed E-state index contributed by atoms with van der Waals surface area (Å²) in [5.74, 6) is 0.811. The summed E-state index contributed by atoms with van der Waals surface area (Å²) in [7, 11) is 0. The Bertz CT molecular complexity index is 1110. The second kappa shape index (κ2) is 14.0. The quantitative estimate of drug-likeness (QED) is 0.324. The van der Waals surface area contributed by atoms with Crippen molar-refractivity contribution in [2.75, 3.05) is 12.3 Å². The summed E-state index contributed by atoms with van der Waals surface area (Å²) in [5.41, 5.74) is 4.26. The molecule has 0 aliphatic carbocycles. The lowest BCUT2D eigenvalue weighted by Gasteiger charge is -2.32. The number of nitrogens with zero attached hydrogens (tertiary/aromatic N) is 1. The second-order valence-electron chi connectivity index (χ2n) is 8.53. The number of thioether (sulfide) groups is 1. The molecule has 0 spiro atoms. The van der Waals surface area contributed by atoms with Crippen molar-refractivity contribution in [3.8, 4) is 0 Å². The van der Waals surface area contributed by atoms with Gasteiger partial charge in [0.15, 0.2) is 0 Å². The number of halogens is 1. The van der Waals surface area contributed by atoms with E-state index < -0.39 is 6.04 Å². The third-order valence-electron chi connectivity index (χ3n) is 5.86. The molecule has 0 aromatic heterocycles. The zero-order valence-corrected chi connectivity index (χ0v) is 21.9. The van der Waals surface area contributed by atoms with Crippen LogP contribution in [0.1, 0.15) is 35.6 Å². The standard InChI is InChI=1S/C29H33ClN2O2S/c1-3-17-31-29(34)27(18-23-12-5-4-6-13-23)32(19-24-14-9-10-16-26(24)30)28(33)21-35-20-25-15-8-7-11-22(25)2/h4-16,27H,3,17-21H2,1-2H3,(H,31,34)/t27-/m0/s1. The summed E-state index contributed by atoms with van der Waals surface area (Å²) in [6.07, 6.45) is 1.27. The number of hydrogen-bond donors (Lipinski definition) is 1. The number of carbonyl (C=O) groups excluding carboxylic acids is 2. The van der Waals surface area contributed by atoms with Crippen LogP contribution in [0.5, 0.6) is 0 Å². The van der Waals surface area contributed by atoms with Crippen LogP contribution in [-0.4, -0.2) is 35.1 Å². The van der Waals surface area contributed by atoms with Gasteiger partial charge < -0.3 is 10.2 Å². The van der Waals surface area contributed by atoms with Gasteiger partial charge in [0.05, 0.1) is 5.75 Å². The first kappa shape index (κ1) is 26.8. The van der Waals surface area contributed by atoms with E-state index in [0.29, 0.717) is 18.0 Å². The predicted molar refractivity (Wildman–Crippen MR) is 147 cm³/mol. The molecule has 6 heteroatoms. The smallest absolute Gasteiger partial charge is 0.243 e. The Labute approximate surface area is 218 Å². The van der Waals surface area contributed by atoms with Gasteiger partial charge in [-0.05, 0) is 41.7 Å². The van der Waals surface area contributed by atoms with E-state index in [2.05, 4.69) is 24.4 Å². The van der Waals surface area contributed by atoms with Gasteiger partial charge >= 0.3 is 0 Å². The molecule has 0 aliphatic heterocycles. The minimum absolute atomic E-state index is 0.0731. The van der Waals surface area contributed by atoms with Gasteiger partial charge in [-0.1, -0.05) is 91.3 Å². The fourth-order valence-corrected chi connectivity index (χ4v) is 5.02. The third kappa shape index (κ3) is 8.15. The number of nitrogens with one attached hydrogen (secondary N) is 1. The van der Waals surface area contributed by atoms with E-state index in [1.807, 2.05) is 73.7 Å². The first-order chi connectivity index (χ1) is 17.0. The first-order valence-electron chi connectivity index (χ1n) is 12.0. The Morgan fingerprint density at radius 3 is 2.29 bits per heavy atom. The highest BCUT2D eigenvalue weighted by Gasteiger charge is 2.30. The van der Waals surface area contributed by atoms with Crippen molar-refractivity contribution >= 4 is 35.2 Å². The van der Waals surface area contributed by atoms with Crippen LogP contribution in [-0.2, 0) is 28.3 Å². The number of hydrogen-bond acceptors (Lipinski definition) is 3. The van der Waals surface area contributed by atoms with E-state index in [4.69, 9.17) is 11.6 Å². The molecule has 35 heavy (non-hydrogen) atoms. The molecule has 1 N–H and O–H groups in total. The number of rotatable bonds is 12. The van der Waals surface area contributed by atoms with E-state index in [0.717, 1.165) is 23.3 Å². The molecule has 0 radical (unpaired) electrons. The molecule has 0 bridgehead atoms. The average Bonchev–Trinajstić information content (AvgIpc) is 2.87. The van der Waals surface area contributed by atoms with Gasteiger partial charge in [0.2, 0.25) is 11.8 Å². The second-order valence-corrected chi connectivity index (χ2v) is 9.92. The molecule has 3 aromatic carbocycles. The van der Waals surface area contributed by atoms with Gasteiger partial charge in [0.25, 0.3) is 0 Å². The minimum Gasteiger partial charge on any atom is -0.354 e. The highest BCUT2D eigenvalue weighted by atomic mass is 35.5. The molecule has 1 atom stereocenters. The molecular weight excluding hydrogens is 476 g/mol. The van der Waals surface area contributed by atoms with Gasteiger partial charge in [0, 0.05) is 30.3 Å². The van der Waals surface area contributed by atoms with Crippen molar-refractivity contribution in [3.05, 3.63) is 106 Å². The van der Waals surface area contributed by atoms with Crippen LogP contribution in [0, 0.1) is 6.92 Å². The number of carbonyl (C=O) groups is 2. The van der Waals surface area contributed by atoms with Crippen LogP contribution in [0.25, 0.3) is 0 Å². The Hall–Kier alpha value is -2.76. The van der Waals surface area contributed by atoms with Crippen LogP contribution in [0.15, 0.2) is 78.9 Å². The van der Waals surface area contributed by atoms with E-state index in [9.17, 15) is 9.59 Å². The third-order valence-corrected chi connectivity index (χ3v) is 7.20. The lowest BCUT2D eigenvalue weighted by Crippen LogP contribution is -2.51. The zero-order chi connectivity index (χ0) is 25.0. The molecule has 0 fully saturated rings. The van der Waals surface area contributed by atoms with Crippen molar-refractivity contribution in [3.63, 3.8) is 0 Å². The van der Waals surface area contributed by atoms with Crippen molar-refractivity contribution in [2.24, 2.45) is 0 Å². The highest BCUT2D eigenvalue weighted by Crippen LogP contribution is 2.22. The molecule has 3 rings (SSSR count). The first-order valence-corrected chi connectivity index (χ1v) is 13.5. The fourth-order valence-electron chi connectivity index (χ4n) is 3.83. The largest absolute Gasteiger partial charge is 0.354 e. The zero-order valence-electron chi connectivity index (χ0n) is 20.4. The molecule has 0 unspecified atom stereocenters. The normalized spacial score (nSPS) is 11.6. The minimum atomic E-state index is -0.633. The predicted octanol–water partition coefficient (Wildman–Crippen LogP) is 6.05. The van der Waals surface area contributed by atoms with Crippen LogP contribution in [0.2, 0.25) is 5.02 Å². The lowest BCUT2D eigenvalue weighted by atomic mass is 10.0. The summed E-state index contributed by atoms with van der Waals surface area (Å²) in [6.45, 7) is 4.94. The summed E-state index contributed by atoms with van der Waals surface area (Å²) >= 11 is 8.03. The molecule has 0 saturated heterocycles. The highest BCUT2D eigenvalue weighted by molar-refractivity contribution is 7.99. The van der Waals surface area contributed by atoms with E-state index in [1.54, 1.807) is 16.7 Å². The maximum absolute atomic E-state index is 13.6. The van der Waals surface area contributed by atoms with Gasteiger partial charge in [-0.3, -0.25) is 9.59 Å². The monoisotopic (exact) mass is 508 g/mol. The molecule has 0 aliphatic rings. The van der Waals surface area contributed by atoms with Crippen molar-refractivity contribution in [1.29, 1.82) is 0 Å². The Kier molecular flexibility index (Phi) is 10.7. The van der Waals surface area contributed by atoms with Gasteiger partial charge in [-0.2, -0.15) is 0 Å². The van der Waals surface area contributed by atoms with Crippen molar-refractivity contribution in [1.82, 2.24) is 10.2 Å². The van der Waals surface area contributed by atoms with Crippen molar-refractivity contribution < 1.29 is 9.59 Å². The molecule has 4 nitrogen and oxygen atoms in total. The molecule has 2 amide bonds. The van der Waals surface area contributed by atoms with Crippen LogP contribution in [0.4, 0.5) is 0 Å². The van der Waals surface area contributed by atoms with Crippen LogP contribution in [0.3, 0.4) is 0 Å². The maximum Gasteiger partial charge on any atom is 0.243 e. The number of amides is 2. The summed E-state index contributed by atoms with van der Waals surface area (Å²) in [6, 6.07) is 24.9. The Balaban J connectivity index is 1.85. The maximum atomic E-state index is 13.6. The molecule has 184 valence electrons. The van der Waals surface area contributed by atoms with E-state index in [-0.39, 0.29) is 24.1 Å². The molecule has 0 heterocycles. The average molecular weight is 509 g/mol. The molecule has 3 aromatic rings. The number of benzene rings is 3. The van der Waals surface area contributed by atoms with E-state index in [1.165, 1.54) is 11.1 Å². The molecular formula is C29H33ClN2O2S. The Morgan fingerprint density at radius 1 is 0.943 bits per heavy atom. The Morgan fingerprint density at radius 2 is 1.60 bits per heavy atom. The number of aryl methyl sites for hydroxylation is 1. The topological polar surface area (TPSA) is 49.4 Å². The summed E-state index contributed by atoms with van der Waals surface area (Å²) < 4.78 is 0. The van der Waals surface area contributed by atoms with Gasteiger partial charge in [-0.15, -0.1) is 11.8 Å². The van der Waals surface area contributed by atoms with Gasteiger partial charge in [-0.25, -0.2) is 0 Å². The van der Waals surface area contributed by atoms with Gasteiger partial charge in [0.1, 0.15) is 6.04 Å². The van der Waals surface area contributed by atoms with E-state index >= 15 is 0 Å². The van der Waals surface area contributed by atoms with Crippen molar-refractivity contribution in [2.45, 2.75) is 45.0 Å². The fraction of sp³-hybridized carbons (Fsp3) is 0.310. The van der Waals surface area contributed by atoms with Crippen LogP contribution >= 0.6 is 23.4 Å². The SMILES string of the molecule is CCCNC(=O)[C@H](Cc1ccccc1)N(Cc1ccccc1Cl)C(=O)CSCc1ccccc1C.